The van der Waals surface area contributed by atoms with Gasteiger partial charge in [-0.2, -0.15) is 0 Å². The second-order valence-electron chi connectivity index (χ2n) is 6.48. The van der Waals surface area contributed by atoms with Gasteiger partial charge in [0.2, 0.25) is 0 Å². The molecule has 20 heavy (non-hydrogen) atoms. The number of nitrogens with zero attached hydrogens (tertiary/aromatic N) is 1. The van der Waals surface area contributed by atoms with E-state index >= 15 is 0 Å². The van der Waals surface area contributed by atoms with Gasteiger partial charge < -0.3 is 5.73 Å². The van der Waals surface area contributed by atoms with Crippen LogP contribution in [0.25, 0.3) is 0 Å². The van der Waals surface area contributed by atoms with Crippen molar-refractivity contribution in [1.29, 1.82) is 0 Å². The third-order valence-electron chi connectivity index (χ3n) is 3.95. The maximum Gasteiger partial charge on any atom is 0.195 e. The smallest absolute Gasteiger partial charge is 0.195 e. The van der Waals surface area contributed by atoms with Gasteiger partial charge in [-0.1, -0.05) is 32.9 Å². The predicted molar refractivity (Wildman–Crippen MR) is 89.4 cm³/mol. The largest absolute Gasteiger partial charge is 0.326 e. The Bertz CT molecular complexity index is 567. The van der Waals surface area contributed by atoms with Crippen LogP contribution in [0.5, 0.6) is 0 Å². The van der Waals surface area contributed by atoms with Crippen molar-refractivity contribution in [1.82, 2.24) is 4.72 Å². The molecule has 6 heteroatoms. The van der Waals surface area contributed by atoms with E-state index in [4.69, 9.17) is 9.76 Å². The monoisotopic (exact) mass is 313 g/mol. The lowest BCUT2D eigenvalue weighted by molar-refractivity contribution is 0.668. The van der Waals surface area contributed by atoms with Gasteiger partial charge in [-0.25, -0.2) is 8.93 Å². The molecule has 0 saturated carbocycles. The zero-order chi connectivity index (χ0) is 15.6. The maximum absolute atomic E-state index is 13.1. The molecular weight excluding hydrogens is 286 g/mol. The average molecular weight is 314 g/mol. The molecule has 3 N–H and O–H groups in total. The number of hydrogen-bond donors (Lipinski definition) is 2. The Balaban J connectivity index is 3.37. The lowest BCUT2D eigenvalue weighted by atomic mass is 10.2. The van der Waals surface area contributed by atoms with Crippen LogP contribution < -0.4 is 10.5 Å². The number of nitrogens with one attached hydrogen (secondary N) is 1. The van der Waals surface area contributed by atoms with E-state index in [1.54, 1.807) is 7.05 Å². The molecular formula is C14H27N3OSSi. The Morgan fingerprint density at radius 1 is 1.25 bits per heavy atom. The summed E-state index contributed by atoms with van der Waals surface area (Å²) < 4.78 is 20.8. The normalized spacial score (nSPS) is 15.8. The van der Waals surface area contributed by atoms with E-state index in [0.29, 0.717) is 6.54 Å². The Morgan fingerprint density at radius 2 is 1.75 bits per heavy atom. The van der Waals surface area contributed by atoms with Crippen molar-refractivity contribution < 1.29 is 4.21 Å². The van der Waals surface area contributed by atoms with Crippen molar-refractivity contribution >= 4 is 18.2 Å². The first-order valence-electron chi connectivity index (χ1n) is 6.81. The van der Waals surface area contributed by atoms with E-state index in [2.05, 4.69) is 38.6 Å². The molecule has 1 aromatic rings. The van der Waals surface area contributed by atoms with Crippen molar-refractivity contribution in [2.24, 2.45) is 9.76 Å². The van der Waals surface area contributed by atoms with Crippen LogP contribution in [-0.2, 0) is 16.5 Å². The molecule has 0 aliphatic rings. The van der Waals surface area contributed by atoms with Gasteiger partial charge in [0, 0.05) is 6.54 Å². The van der Waals surface area contributed by atoms with Crippen LogP contribution in [0.15, 0.2) is 33.2 Å². The highest BCUT2D eigenvalue weighted by Crippen LogP contribution is 2.38. The molecule has 1 atom stereocenters. The van der Waals surface area contributed by atoms with Gasteiger partial charge in [0.05, 0.1) is 4.90 Å². The summed E-state index contributed by atoms with van der Waals surface area (Å²) in [5.41, 5.74) is 6.62. The average Bonchev–Trinajstić information content (AvgIpc) is 2.37. The van der Waals surface area contributed by atoms with E-state index < -0.39 is 18.2 Å². The number of hydrogen-bond acceptors (Lipinski definition) is 3. The van der Waals surface area contributed by atoms with Crippen LogP contribution in [0.1, 0.15) is 26.3 Å². The van der Waals surface area contributed by atoms with E-state index in [1.807, 2.05) is 24.3 Å². The summed E-state index contributed by atoms with van der Waals surface area (Å²) in [5, 5.41) is 0.0592. The molecule has 0 amide bonds. The van der Waals surface area contributed by atoms with E-state index in [0.717, 1.165) is 10.5 Å². The van der Waals surface area contributed by atoms with Crippen molar-refractivity contribution in [3.05, 3.63) is 29.8 Å². The van der Waals surface area contributed by atoms with E-state index in [1.165, 1.54) is 0 Å². The predicted octanol–water partition coefficient (Wildman–Crippen LogP) is 3.11. The SMILES string of the molecule is CNS(=O)(=N[Si](C)(C)C(C)(C)C)c1ccc(CN)cc1. The van der Waals surface area contributed by atoms with Crippen LogP contribution in [0, 0.1) is 0 Å². The number of benzene rings is 1. The second-order valence-corrected chi connectivity index (χ2v) is 13.8. The molecule has 0 spiro atoms. The minimum atomic E-state index is -2.58. The van der Waals surface area contributed by atoms with E-state index in [9.17, 15) is 4.21 Å². The summed E-state index contributed by atoms with van der Waals surface area (Å²) in [5.74, 6) is 0. The highest BCUT2D eigenvalue weighted by molar-refractivity contribution is 7.92. The van der Waals surface area contributed by atoms with Crippen LogP contribution in [0.3, 0.4) is 0 Å². The fourth-order valence-electron chi connectivity index (χ4n) is 1.48. The standard InChI is InChI=1S/C14H27N3OSSi/c1-14(2,3)20(5,6)17-19(18,16-4)13-9-7-12(11-15)8-10-13/h7-10H,11,15H2,1-6H3,(H,16,17,18). The first kappa shape index (κ1) is 17.4. The highest BCUT2D eigenvalue weighted by atomic mass is 32.2. The van der Waals surface area contributed by atoms with Gasteiger partial charge in [-0.15, -0.1) is 0 Å². The summed E-state index contributed by atoms with van der Waals surface area (Å²) in [7, 11) is -2.87. The molecule has 1 rings (SSSR count). The molecule has 0 saturated heterocycles. The molecule has 1 aromatic carbocycles. The summed E-state index contributed by atoms with van der Waals surface area (Å²) in [6, 6.07) is 7.54. The Morgan fingerprint density at radius 3 is 2.10 bits per heavy atom. The van der Waals surface area contributed by atoms with Gasteiger partial charge in [-0.05, 0) is 42.9 Å². The Labute approximate surface area is 124 Å². The van der Waals surface area contributed by atoms with Gasteiger partial charge in [0.1, 0.15) is 9.92 Å². The maximum atomic E-state index is 13.1. The molecule has 0 aromatic heterocycles. The Kier molecular flexibility index (Phi) is 5.18. The zero-order valence-electron chi connectivity index (χ0n) is 13.4. The molecule has 4 nitrogen and oxygen atoms in total. The van der Waals surface area contributed by atoms with Crippen molar-refractivity contribution in [3.8, 4) is 0 Å². The van der Waals surface area contributed by atoms with Gasteiger partial charge >= 0.3 is 0 Å². The van der Waals surface area contributed by atoms with Crippen LogP contribution >= 0.6 is 0 Å². The molecule has 0 aliphatic carbocycles. The van der Waals surface area contributed by atoms with Gasteiger partial charge in [0.25, 0.3) is 0 Å². The quantitative estimate of drug-likeness (QED) is 0.839. The summed E-state index contributed by atoms with van der Waals surface area (Å²) >= 11 is 0. The molecule has 0 heterocycles. The van der Waals surface area contributed by atoms with Crippen LogP contribution in [0.2, 0.25) is 18.1 Å². The third-order valence-corrected chi connectivity index (χ3v) is 11.9. The van der Waals surface area contributed by atoms with Crippen molar-refractivity contribution in [3.63, 3.8) is 0 Å². The topological polar surface area (TPSA) is 67.5 Å². The molecule has 1 unspecified atom stereocenters. The molecule has 0 aliphatic heterocycles. The van der Waals surface area contributed by atoms with Crippen molar-refractivity contribution in [2.75, 3.05) is 7.05 Å². The third kappa shape index (κ3) is 3.69. The fraction of sp³-hybridized carbons (Fsp3) is 0.571. The lowest BCUT2D eigenvalue weighted by Crippen LogP contribution is -2.38. The Hall–Kier alpha value is -0.693. The van der Waals surface area contributed by atoms with E-state index in [-0.39, 0.29) is 5.04 Å². The summed E-state index contributed by atoms with van der Waals surface area (Å²) in [4.78, 5) is 0.724. The van der Waals surface area contributed by atoms with Gasteiger partial charge in [0.15, 0.2) is 8.24 Å². The molecule has 0 radical (unpaired) electrons. The first-order valence-corrected chi connectivity index (χ1v) is 11.3. The zero-order valence-corrected chi connectivity index (χ0v) is 15.2. The number of nitrogens with two attached hydrogens (primary N) is 1. The minimum absolute atomic E-state index is 0.0592. The van der Waals surface area contributed by atoms with Crippen LogP contribution in [0.4, 0.5) is 0 Å². The van der Waals surface area contributed by atoms with Crippen molar-refractivity contribution in [2.45, 2.75) is 50.3 Å². The lowest BCUT2D eigenvalue weighted by Gasteiger charge is -2.33. The van der Waals surface area contributed by atoms with Gasteiger partial charge in [-0.3, -0.25) is 4.03 Å². The summed E-state index contributed by atoms with van der Waals surface area (Å²) in [6.07, 6.45) is 0. The molecule has 0 bridgehead atoms. The number of rotatable bonds is 4. The second kappa shape index (κ2) is 5.97. The fourth-order valence-corrected chi connectivity index (χ4v) is 6.68. The minimum Gasteiger partial charge on any atom is -0.326 e. The molecule has 0 fully saturated rings. The summed E-state index contributed by atoms with van der Waals surface area (Å²) in [6.45, 7) is 11.3. The van der Waals surface area contributed by atoms with Crippen LogP contribution in [-0.4, -0.2) is 19.5 Å². The first-order chi connectivity index (χ1) is 9.05. The molecule has 114 valence electrons. The highest BCUT2D eigenvalue weighted by Gasteiger charge is 2.37.